The molecule has 0 radical (unpaired) electrons. The Morgan fingerprint density at radius 1 is 1.07 bits per heavy atom. The van der Waals surface area contributed by atoms with Crippen LogP contribution in [0.15, 0.2) is 76.3 Å². The highest BCUT2D eigenvalue weighted by molar-refractivity contribution is 9.10. The van der Waals surface area contributed by atoms with Gasteiger partial charge in [0, 0.05) is 31.2 Å². The van der Waals surface area contributed by atoms with Crippen LogP contribution in [-0.2, 0) is 6.61 Å². The summed E-state index contributed by atoms with van der Waals surface area (Å²) < 4.78 is 6.75. The van der Waals surface area contributed by atoms with Gasteiger partial charge < -0.3 is 4.74 Å². The largest absolute Gasteiger partial charge is 0.488 e. The molecule has 0 aromatic heterocycles. The summed E-state index contributed by atoms with van der Waals surface area (Å²) in [6.07, 6.45) is 1.53. The fourth-order valence-electron chi connectivity index (χ4n) is 2.35. The zero-order chi connectivity index (χ0) is 19.9. The van der Waals surface area contributed by atoms with Crippen molar-refractivity contribution in [3.8, 4) is 5.75 Å². The fraction of sp³-hybridized carbons (Fsp3) is 0.0476. The number of hydrogen-bond acceptors (Lipinski definition) is 3. The molecule has 0 aliphatic heterocycles. The van der Waals surface area contributed by atoms with Crippen LogP contribution < -0.4 is 10.2 Å². The first-order valence-electron chi connectivity index (χ1n) is 8.27. The van der Waals surface area contributed by atoms with Gasteiger partial charge in [-0.1, -0.05) is 57.3 Å². The SMILES string of the molecule is O=C(N/N=C\c1cc(Br)ccc1OCc1ccccc1Cl)c1ccc(Cl)cc1. The van der Waals surface area contributed by atoms with Gasteiger partial charge in [0.15, 0.2) is 0 Å². The zero-order valence-electron chi connectivity index (χ0n) is 14.5. The van der Waals surface area contributed by atoms with Crippen molar-refractivity contribution in [2.45, 2.75) is 6.61 Å². The Morgan fingerprint density at radius 2 is 1.82 bits per heavy atom. The summed E-state index contributed by atoms with van der Waals surface area (Å²) in [4.78, 5) is 12.1. The molecule has 1 N–H and O–H groups in total. The number of rotatable bonds is 6. The second-order valence-electron chi connectivity index (χ2n) is 5.77. The first-order valence-corrected chi connectivity index (χ1v) is 9.82. The van der Waals surface area contributed by atoms with Gasteiger partial charge in [0.05, 0.1) is 6.21 Å². The van der Waals surface area contributed by atoms with E-state index in [4.69, 9.17) is 27.9 Å². The second-order valence-corrected chi connectivity index (χ2v) is 7.53. The summed E-state index contributed by atoms with van der Waals surface area (Å²) in [5, 5.41) is 5.24. The molecule has 1 amide bonds. The monoisotopic (exact) mass is 476 g/mol. The highest BCUT2D eigenvalue weighted by atomic mass is 79.9. The molecule has 3 aromatic carbocycles. The van der Waals surface area contributed by atoms with Crippen molar-refractivity contribution in [3.05, 3.63) is 97.9 Å². The lowest BCUT2D eigenvalue weighted by atomic mass is 10.2. The number of halogens is 3. The topological polar surface area (TPSA) is 50.7 Å². The molecule has 0 heterocycles. The van der Waals surface area contributed by atoms with Gasteiger partial charge in [-0.05, 0) is 48.5 Å². The number of hydrogen-bond donors (Lipinski definition) is 1. The van der Waals surface area contributed by atoms with Crippen LogP contribution in [0.2, 0.25) is 10.0 Å². The van der Waals surface area contributed by atoms with Gasteiger partial charge in [-0.15, -0.1) is 0 Å². The molecule has 3 rings (SSSR count). The highest BCUT2D eigenvalue weighted by Gasteiger charge is 2.07. The van der Waals surface area contributed by atoms with Crippen LogP contribution in [0.4, 0.5) is 0 Å². The molecule has 0 atom stereocenters. The molecule has 0 spiro atoms. The lowest BCUT2D eigenvalue weighted by molar-refractivity contribution is 0.0955. The van der Waals surface area contributed by atoms with Gasteiger partial charge in [-0.2, -0.15) is 5.10 Å². The Hall–Kier alpha value is -2.34. The van der Waals surface area contributed by atoms with Crippen molar-refractivity contribution in [2.75, 3.05) is 0 Å². The summed E-state index contributed by atoms with van der Waals surface area (Å²) in [5.41, 5.74) is 4.54. The average Bonchev–Trinajstić information content (AvgIpc) is 2.69. The molecule has 0 unspecified atom stereocenters. The summed E-state index contributed by atoms with van der Waals surface area (Å²) in [6, 6.07) is 19.6. The number of carbonyl (C=O) groups excluding carboxylic acids is 1. The molecular formula is C21H15BrCl2N2O2. The average molecular weight is 478 g/mol. The van der Waals surface area contributed by atoms with Gasteiger partial charge in [0.25, 0.3) is 5.91 Å². The number of nitrogens with zero attached hydrogens (tertiary/aromatic N) is 1. The number of nitrogens with one attached hydrogen (secondary N) is 1. The molecular weight excluding hydrogens is 463 g/mol. The van der Waals surface area contributed by atoms with Gasteiger partial charge in [0.1, 0.15) is 12.4 Å². The third-order valence-corrected chi connectivity index (χ3v) is 4.90. The Labute approximate surface area is 181 Å². The number of ether oxygens (including phenoxy) is 1. The van der Waals surface area contributed by atoms with Crippen LogP contribution in [0.3, 0.4) is 0 Å². The van der Waals surface area contributed by atoms with Crippen LogP contribution in [0.5, 0.6) is 5.75 Å². The molecule has 0 bridgehead atoms. The van der Waals surface area contributed by atoms with Crippen LogP contribution in [-0.4, -0.2) is 12.1 Å². The Bertz CT molecular complexity index is 1010. The van der Waals surface area contributed by atoms with Crippen molar-refractivity contribution in [1.29, 1.82) is 0 Å². The van der Waals surface area contributed by atoms with E-state index < -0.39 is 0 Å². The maximum absolute atomic E-state index is 12.1. The predicted molar refractivity (Wildman–Crippen MR) is 116 cm³/mol. The first kappa shape index (κ1) is 20.4. The number of amides is 1. The Morgan fingerprint density at radius 3 is 2.57 bits per heavy atom. The molecule has 0 saturated heterocycles. The van der Waals surface area contributed by atoms with Gasteiger partial charge in [-0.3, -0.25) is 4.79 Å². The molecule has 0 fully saturated rings. The zero-order valence-corrected chi connectivity index (χ0v) is 17.6. The summed E-state index contributed by atoms with van der Waals surface area (Å²) in [6.45, 7) is 0.319. The lowest BCUT2D eigenvalue weighted by Crippen LogP contribution is -2.17. The van der Waals surface area contributed by atoms with Crippen molar-refractivity contribution in [2.24, 2.45) is 5.10 Å². The van der Waals surface area contributed by atoms with E-state index in [-0.39, 0.29) is 5.91 Å². The molecule has 0 saturated carbocycles. The van der Waals surface area contributed by atoms with Crippen molar-refractivity contribution < 1.29 is 9.53 Å². The first-order chi connectivity index (χ1) is 13.5. The van der Waals surface area contributed by atoms with E-state index in [2.05, 4.69) is 26.5 Å². The van der Waals surface area contributed by atoms with Gasteiger partial charge in [-0.25, -0.2) is 5.43 Å². The van der Waals surface area contributed by atoms with E-state index in [0.29, 0.717) is 33.5 Å². The molecule has 28 heavy (non-hydrogen) atoms. The summed E-state index contributed by atoms with van der Waals surface area (Å²) in [7, 11) is 0. The van der Waals surface area contributed by atoms with Crippen LogP contribution in [0, 0.1) is 0 Å². The third-order valence-electron chi connectivity index (χ3n) is 3.79. The van der Waals surface area contributed by atoms with E-state index in [1.54, 1.807) is 24.3 Å². The van der Waals surface area contributed by atoms with Gasteiger partial charge in [0.2, 0.25) is 0 Å². The Kier molecular flexibility index (Phi) is 7.09. The quantitative estimate of drug-likeness (QED) is 0.344. The van der Waals surface area contributed by atoms with Crippen molar-refractivity contribution >= 4 is 51.3 Å². The minimum Gasteiger partial charge on any atom is -0.488 e. The van der Waals surface area contributed by atoms with Crippen LogP contribution in [0.1, 0.15) is 21.5 Å². The standard InChI is InChI=1S/C21H15BrCl2N2O2/c22-17-7-10-20(28-13-15-3-1-2-4-19(15)24)16(11-17)12-25-26-21(27)14-5-8-18(23)9-6-14/h1-12H,13H2,(H,26,27)/b25-12-. The molecule has 7 heteroatoms. The number of benzene rings is 3. The van der Waals surface area contributed by atoms with Crippen LogP contribution in [0.25, 0.3) is 0 Å². The minimum atomic E-state index is -0.332. The molecule has 0 aliphatic rings. The van der Waals surface area contributed by atoms with E-state index >= 15 is 0 Å². The number of carbonyl (C=O) groups is 1. The van der Waals surface area contributed by atoms with E-state index in [1.165, 1.54) is 6.21 Å². The summed E-state index contributed by atoms with van der Waals surface area (Å²) in [5.74, 6) is 0.286. The second kappa shape index (κ2) is 9.73. The maximum Gasteiger partial charge on any atom is 0.271 e. The Balaban J connectivity index is 1.69. The molecule has 3 aromatic rings. The minimum absolute atomic E-state index is 0.319. The van der Waals surface area contributed by atoms with Crippen LogP contribution >= 0.6 is 39.1 Å². The molecule has 4 nitrogen and oxygen atoms in total. The van der Waals surface area contributed by atoms with E-state index in [0.717, 1.165) is 10.0 Å². The predicted octanol–water partition coefficient (Wildman–Crippen LogP) is 6.10. The van der Waals surface area contributed by atoms with E-state index in [1.807, 2.05) is 42.5 Å². The van der Waals surface area contributed by atoms with Gasteiger partial charge >= 0.3 is 0 Å². The maximum atomic E-state index is 12.1. The number of hydrazone groups is 1. The lowest BCUT2D eigenvalue weighted by Gasteiger charge is -2.10. The molecule has 0 aliphatic carbocycles. The molecule has 142 valence electrons. The van der Waals surface area contributed by atoms with E-state index in [9.17, 15) is 4.79 Å². The summed E-state index contributed by atoms with van der Waals surface area (Å²) >= 11 is 15.4. The van der Waals surface area contributed by atoms with Crippen molar-refractivity contribution in [3.63, 3.8) is 0 Å². The highest BCUT2D eigenvalue weighted by Crippen LogP contribution is 2.24. The van der Waals surface area contributed by atoms with Crippen molar-refractivity contribution in [1.82, 2.24) is 5.43 Å². The smallest absolute Gasteiger partial charge is 0.271 e. The normalized spacial score (nSPS) is 10.8. The third kappa shape index (κ3) is 5.58. The fourth-order valence-corrected chi connectivity index (χ4v) is 3.04.